The summed E-state index contributed by atoms with van der Waals surface area (Å²) in [5.41, 5.74) is 2.14. The molecule has 0 aliphatic carbocycles. The molecule has 1 heterocycles. The zero-order valence-electron chi connectivity index (χ0n) is 8.34. The number of halogens is 2. The molecule has 0 radical (unpaired) electrons. The minimum Gasteiger partial charge on any atom is -0.241 e. The maximum Gasteiger partial charge on any atom is 0.126 e. The number of nitrogens with zero attached hydrogens (tertiary/aromatic N) is 1. The molecule has 0 aliphatic heterocycles. The Morgan fingerprint density at radius 2 is 2.07 bits per heavy atom. The van der Waals surface area contributed by atoms with Gasteiger partial charge in [-0.05, 0) is 31.5 Å². The van der Waals surface area contributed by atoms with E-state index in [1.807, 2.05) is 12.3 Å². The number of aryl methyl sites for hydroxylation is 2. The summed E-state index contributed by atoms with van der Waals surface area (Å²) >= 11 is 7.51. The largest absolute Gasteiger partial charge is 0.241 e. The fraction of sp³-hybridized carbons (Fsp3) is 0.182. The van der Waals surface area contributed by atoms with Crippen LogP contribution in [0.3, 0.4) is 0 Å². The lowest BCUT2D eigenvalue weighted by molar-refractivity contribution is 0.619. The van der Waals surface area contributed by atoms with Crippen molar-refractivity contribution in [3.8, 4) is 10.6 Å². The van der Waals surface area contributed by atoms with E-state index >= 15 is 0 Å². The van der Waals surface area contributed by atoms with Gasteiger partial charge in [0.15, 0.2) is 0 Å². The molecule has 0 spiro atoms. The summed E-state index contributed by atoms with van der Waals surface area (Å²) in [5.74, 6) is -0.248. The summed E-state index contributed by atoms with van der Waals surface area (Å²) in [4.78, 5) is 4.28. The Hall–Kier alpha value is -0.930. The molecule has 2 aromatic rings. The Morgan fingerprint density at radius 1 is 1.33 bits per heavy atom. The fourth-order valence-electron chi connectivity index (χ4n) is 1.29. The summed E-state index contributed by atoms with van der Waals surface area (Å²) in [6.07, 6.45) is 0. The van der Waals surface area contributed by atoms with Gasteiger partial charge in [-0.25, -0.2) is 9.37 Å². The summed E-state index contributed by atoms with van der Waals surface area (Å²) in [7, 11) is 0. The Labute approximate surface area is 96.5 Å². The molecule has 0 aliphatic rings. The molecule has 0 N–H and O–H groups in total. The molecule has 2 rings (SSSR count). The van der Waals surface area contributed by atoms with Crippen LogP contribution in [0, 0.1) is 19.7 Å². The predicted octanol–water partition coefficient (Wildman–Crippen LogP) is 4.22. The van der Waals surface area contributed by atoms with Crippen LogP contribution in [0.4, 0.5) is 4.39 Å². The van der Waals surface area contributed by atoms with Gasteiger partial charge in [-0.3, -0.25) is 0 Å². The molecule has 0 fully saturated rings. The third-order valence-electron chi connectivity index (χ3n) is 2.10. The third-order valence-corrected chi connectivity index (χ3v) is 3.40. The first-order chi connectivity index (χ1) is 7.08. The first-order valence-electron chi connectivity index (χ1n) is 4.46. The zero-order chi connectivity index (χ0) is 11.0. The molecule has 0 amide bonds. The minimum absolute atomic E-state index is 0.248. The molecule has 0 atom stereocenters. The highest BCUT2D eigenvalue weighted by Gasteiger charge is 2.10. The van der Waals surface area contributed by atoms with Crippen LogP contribution < -0.4 is 0 Å². The quantitative estimate of drug-likeness (QED) is 0.729. The molecule has 1 aromatic carbocycles. The second-order valence-electron chi connectivity index (χ2n) is 3.38. The molecule has 1 nitrogen and oxygen atoms in total. The lowest BCUT2D eigenvalue weighted by Crippen LogP contribution is -1.86. The zero-order valence-corrected chi connectivity index (χ0v) is 9.92. The second kappa shape index (κ2) is 3.91. The summed E-state index contributed by atoms with van der Waals surface area (Å²) in [6.45, 7) is 3.59. The summed E-state index contributed by atoms with van der Waals surface area (Å²) < 4.78 is 13.4. The SMILES string of the molecule is Cc1csc(-c2cc(F)c(C)cc2Cl)n1. The van der Waals surface area contributed by atoms with Crippen molar-refractivity contribution in [2.24, 2.45) is 0 Å². The standard InChI is InChI=1S/C11H9ClFNS/c1-6-3-9(12)8(4-10(6)13)11-14-7(2)5-15-11/h3-5H,1-2H3. The van der Waals surface area contributed by atoms with Crippen molar-refractivity contribution >= 4 is 22.9 Å². The average Bonchev–Trinajstić information content (AvgIpc) is 2.58. The maximum absolute atomic E-state index is 13.4. The van der Waals surface area contributed by atoms with Gasteiger partial charge in [-0.2, -0.15) is 0 Å². The molecule has 0 unspecified atom stereocenters. The van der Waals surface area contributed by atoms with Crippen molar-refractivity contribution in [1.29, 1.82) is 0 Å². The Balaban J connectivity index is 2.58. The van der Waals surface area contributed by atoms with Gasteiger partial charge in [0.2, 0.25) is 0 Å². The van der Waals surface area contributed by atoms with Crippen LogP contribution in [0.1, 0.15) is 11.3 Å². The van der Waals surface area contributed by atoms with Gasteiger partial charge >= 0.3 is 0 Å². The van der Waals surface area contributed by atoms with Crippen molar-refractivity contribution in [2.45, 2.75) is 13.8 Å². The highest BCUT2D eigenvalue weighted by atomic mass is 35.5. The van der Waals surface area contributed by atoms with Crippen LogP contribution in [0.25, 0.3) is 10.6 Å². The number of thiazole rings is 1. The van der Waals surface area contributed by atoms with Crippen LogP contribution in [0.15, 0.2) is 17.5 Å². The lowest BCUT2D eigenvalue weighted by atomic mass is 10.1. The highest BCUT2D eigenvalue weighted by molar-refractivity contribution is 7.13. The van der Waals surface area contributed by atoms with Gasteiger partial charge in [-0.15, -0.1) is 11.3 Å². The molecular weight excluding hydrogens is 233 g/mol. The van der Waals surface area contributed by atoms with E-state index in [0.29, 0.717) is 16.1 Å². The minimum atomic E-state index is -0.248. The molecule has 1 aromatic heterocycles. The fourth-order valence-corrected chi connectivity index (χ4v) is 2.48. The van der Waals surface area contributed by atoms with E-state index in [0.717, 1.165) is 10.7 Å². The topological polar surface area (TPSA) is 12.9 Å². The van der Waals surface area contributed by atoms with E-state index in [-0.39, 0.29) is 5.82 Å². The number of benzene rings is 1. The Morgan fingerprint density at radius 3 is 2.67 bits per heavy atom. The van der Waals surface area contributed by atoms with Gasteiger partial charge in [0.05, 0.1) is 5.02 Å². The van der Waals surface area contributed by atoms with E-state index in [4.69, 9.17) is 11.6 Å². The van der Waals surface area contributed by atoms with Crippen LogP contribution in [-0.4, -0.2) is 4.98 Å². The Bertz CT molecular complexity index is 507. The van der Waals surface area contributed by atoms with E-state index in [2.05, 4.69) is 4.98 Å². The van der Waals surface area contributed by atoms with Crippen molar-refractivity contribution < 1.29 is 4.39 Å². The number of aromatic nitrogens is 1. The van der Waals surface area contributed by atoms with Crippen LogP contribution >= 0.6 is 22.9 Å². The van der Waals surface area contributed by atoms with Gasteiger partial charge in [0.25, 0.3) is 0 Å². The molecule has 78 valence electrons. The van der Waals surface area contributed by atoms with Crippen LogP contribution in [0.2, 0.25) is 5.02 Å². The van der Waals surface area contributed by atoms with Crippen molar-refractivity contribution in [3.05, 3.63) is 39.6 Å². The van der Waals surface area contributed by atoms with E-state index in [1.54, 1.807) is 13.0 Å². The van der Waals surface area contributed by atoms with E-state index in [9.17, 15) is 4.39 Å². The second-order valence-corrected chi connectivity index (χ2v) is 4.64. The van der Waals surface area contributed by atoms with Crippen molar-refractivity contribution in [1.82, 2.24) is 4.98 Å². The van der Waals surface area contributed by atoms with Gasteiger partial charge in [0.1, 0.15) is 10.8 Å². The number of rotatable bonds is 1. The van der Waals surface area contributed by atoms with Crippen molar-refractivity contribution in [3.63, 3.8) is 0 Å². The summed E-state index contributed by atoms with van der Waals surface area (Å²) in [5, 5.41) is 3.23. The normalized spacial score (nSPS) is 10.7. The molecule has 0 bridgehead atoms. The molecule has 0 saturated heterocycles. The van der Waals surface area contributed by atoms with E-state index in [1.165, 1.54) is 17.4 Å². The monoisotopic (exact) mass is 241 g/mol. The van der Waals surface area contributed by atoms with Gasteiger partial charge < -0.3 is 0 Å². The average molecular weight is 242 g/mol. The molecule has 0 saturated carbocycles. The van der Waals surface area contributed by atoms with Gasteiger partial charge in [0, 0.05) is 16.6 Å². The van der Waals surface area contributed by atoms with Crippen LogP contribution in [0.5, 0.6) is 0 Å². The number of hydrogen-bond donors (Lipinski definition) is 0. The Kier molecular flexibility index (Phi) is 2.76. The smallest absolute Gasteiger partial charge is 0.126 e. The van der Waals surface area contributed by atoms with Crippen LogP contribution in [-0.2, 0) is 0 Å². The first kappa shape index (κ1) is 10.6. The lowest BCUT2D eigenvalue weighted by Gasteiger charge is -2.03. The highest BCUT2D eigenvalue weighted by Crippen LogP contribution is 2.32. The maximum atomic E-state index is 13.4. The molecule has 15 heavy (non-hydrogen) atoms. The predicted molar refractivity (Wildman–Crippen MR) is 62.0 cm³/mol. The molecule has 4 heteroatoms. The third kappa shape index (κ3) is 2.03. The van der Waals surface area contributed by atoms with E-state index < -0.39 is 0 Å². The first-order valence-corrected chi connectivity index (χ1v) is 5.72. The van der Waals surface area contributed by atoms with Crippen molar-refractivity contribution in [2.75, 3.05) is 0 Å². The molecular formula is C11H9ClFNS. The number of hydrogen-bond acceptors (Lipinski definition) is 2. The van der Waals surface area contributed by atoms with Gasteiger partial charge in [-0.1, -0.05) is 11.6 Å². The summed E-state index contributed by atoms with van der Waals surface area (Å²) in [6, 6.07) is 3.07.